The molecule has 0 saturated carbocycles. The summed E-state index contributed by atoms with van der Waals surface area (Å²) in [6.07, 6.45) is 0. The van der Waals surface area contributed by atoms with Crippen molar-refractivity contribution in [1.82, 2.24) is 9.89 Å². The minimum atomic E-state index is 0.798. The molecule has 0 aliphatic heterocycles. The predicted octanol–water partition coefficient (Wildman–Crippen LogP) is 2.49. The van der Waals surface area contributed by atoms with Crippen LogP contribution in [0.25, 0.3) is 10.9 Å². The number of nitrogens with zero attached hydrogens (tertiary/aromatic N) is 2. The van der Waals surface area contributed by atoms with Crippen LogP contribution in [0, 0.1) is 0 Å². The predicted molar refractivity (Wildman–Crippen MR) is 69.6 cm³/mol. The number of nitrogen functional groups attached to an aromatic ring is 1. The molecule has 0 spiro atoms. The molecule has 0 bridgehead atoms. The van der Waals surface area contributed by atoms with Crippen LogP contribution < -0.4 is 11.2 Å². The molecule has 0 atom stereocenters. The summed E-state index contributed by atoms with van der Waals surface area (Å²) in [7, 11) is 0. The van der Waals surface area contributed by atoms with Gasteiger partial charge in [-0.3, -0.25) is 0 Å². The lowest BCUT2D eigenvalue weighted by Gasteiger charge is -2.06. The summed E-state index contributed by atoms with van der Waals surface area (Å²) in [6.45, 7) is 0. The minimum Gasteiger partial charge on any atom is -0.338 e. The SMILES string of the molecule is Nn1nc2ccccc2c1Nc1ccccc1. The first-order valence-electron chi connectivity index (χ1n) is 5.39. The Morgan fingerprint density at radius 2 is 1.65 bits per heavy atom. The third kappa shape index (κ3) is 1.69. The second kappa shape index (κ2) is 3.83. The van der Waals surface area contributed by atoms with E-state index in [1.807, 2.05) is 54.6 Å². The number of anilines is 2. The Hall–Kier alpha value is -2.49. The Kier molecular flexibility index (Phi) is 2.19. The molecule has 4 nitrogen and oxygen atoms in total. The van der Waals surface area contributed by atoms with Gasteiger partial charge in [0.15, 0.2) is 5.82 Å². The van der Waals surface area contributed by atoms with E-state index in [1.54, 1.807) is 0 Å². The Labute approximate surface area is 98.6 Å². The van der Waals surface area contributed by atoms with Gasteiger partial charge in [-0.1, -0.05) is 30.3 Å². The normalized spacial score (nSPS) is 10.6. The highest BCUT2D eigenvalue weighted by atomic mass is 15.5. The molecule has 17 heavy (non-hydrogen) atoms. The van der Waals surface area contributed by atoms with Gasteiger partial charge in [0.05, 0.1) is 5.52 Å². The molecule has 0 fully saturated rings. The highest BCUT2D eigenvalue weighted by Gasteiger charge is 2.08. The Bertz CT molecular complexity index is 643. The zero-order chi connectivity index (χ0) is 11.7. The van der Waals surface area contributed by atoms with Crippen LogP contribution >= 0.6 is 0 Å². The van der Waals surface area contributed by atoms with Crippen molar-refractivity contribution in [2.75, 3.05) is 11.2 Å². The van der Waals surface area contributed by atoms with Crippen LogP contribution in [0.15, 0.2) is 54.6 Å². The van der Waals surface area contributed by atoms with Crippen LogP contribution in [0.1, 0.15) is 0 Å². The van der Waals surface area contributed by atoms with E-state index < -0.39 is 0 Å². The summed E-state index contributed by atoms with van der Waals surface area (Å²) in [4.78, 5) is 1.37. The summed E-state index contributed by atoms with van der Waals surface area (Å²) < 4.78 is 0. The smallest absolute Gasteiger partial charge is 0.159 e. The van der Waals surface area contributed by atoms with Gasteiger partial charge in [0.2, 0.25) is 0 Å². The fraction of sp³-hybridized carbons (Fsp3) is 0. The van der Waals surface area contributed by atoms with Crippen LogP contribution in [-0.2, 0) is 0 Å². The molecule has 0 aliphatic rings. The summed E-state index contributed by atoms with van der Waals surface area (Å²) >= 11 is 0. The quantitative estimate of drug-likeness (QED) is 0.657. The number of nitrogens with two attached hydrogens (primary N) is 1. The number of nitrogens with one attached hydrogen (secondary N) is 1. The second-order valence-electron chi connectivity index (χ2n) is 3.80. The van der Waals surface area contributed by atoms with E-state index in [0.29, 0.717) is 0 Å². The van der Waals surface area contributed by atoms with Gasteiger partial charge in [0.1, 0.15) is 0 Å². The van der Waals surface area contributed by atoms with E-state index in [4.69, 9.17) is 5.84 Å². The molecule has 1 heterocycles. The largest absolute Gasteiger partial charge is 0.338 e. The summed E-state index contributed by atoms with van der Waals surface area (Å²) in [5.74, 6) is 6.64. The Morgan fingerprint density at radius 1 is 0.941 bits per heavy atom. The topological polar surface area (TPSA) is 55.9 Å². The first-order valence-corrected chi connectivity index (χ1v) is 5.39. The van der Waals surface area contributed by atoms with Crippen molar-refractivity contribution in [3.05, 3.63) is 54.6 Å². The molecule has 0 aliphatic carbocycles. The second-order valence-corrected chi connectivity index (χ2v) is 3.80. The van der Waals surface area contributed by atoms with E-state index in [2.05, 4.69) is 10.4 Å². The molecule has 4 heteroatoms. The molecule has 3 N–H and O–H groups in total. The highest BCUT2D eigenvalue weighted by molar-refractivity contribution is 5.91. The van der Waals surface area contributed by atoms with E-state index in [9.17, 15) is 0 Å². The number of aromatic nitrogens is 2. The number of benzene rings is 2. The Morgan fingerprint density at radius 3 is 2.47 bits per heavy atom. The first kappa shape index (κ1) is 9.72. The van der Waals surface area contributed by atoms with Gasteiger partial charge >= 0.3 is 0 Å². The molecule has 2 aromatic carbocycles. The van der Waals surface area contributed by atoms with Crippen LogP contribution in [0.4, 0.5) is 11.5 Å². The summed E-state index contributed by atoms with van der Waals surface area (Å²) in [6, 6.07) is 17.8. The fourth-order valence-corrected chi connectivity index (χ4v) is 1.83. The number of hydrogen-bond acceptors (Lipinski definition) is 3. The van der Waals surface area contributed by atoms with Crippen LogP contribution in [0.3, 0.4) is 0 Å². The molecular weight excluding hydrogens is 212 g/mol. The van der Waals surface area contributed by atoms with Gasteiger partial charge < -0.3 is 11.2 Å². The van der Waals surface area contributed by atoms with Crippen molar-refractivity contribution in [1.29, 1.82) is 0 Å². The van der Waals surface area contributed by atoms with Gasteiger partial charge in [0.25, 0.3) is 0 Å². The third-order valence-electron chi connectivity index (χ3n) is 2.64. The molecule has 1 aromatic heterocycles. The van der Waals surface area contributed by atoms with Crippen LogP contribution in [-0.4, -0.2) is 9.89 Å². The standard InChI is InChI=1S/C13H12N4/c14-17-13(15-10-6-2-1-3-7-10)11-8-4-5-9-12(11)16-17/h1-9,15H,14H2. The maximum absolute atomic E-state index is 5.84. The number of rotatable bonds is 2. The van der Waals surface area contributed by atoms with E-state index in [-0.39, 0.29) is 0 Å². The molecule has 3 aromatic rings. The molecule has 0 unspecified atom stereocenters. The lowest BCUT2D eigenvalue weighted by atomic mass is 10.2. The van der Waals surface area contributed by atoms with Gasteiger partial charge in [-0.05, 0) is 24.3 Å². The van der Waals surface area contributed by atoms with Crippen molar-refractivity contribution in [3.8, 4) is 0 Å². The summed E-state index contributed by atoms with van der Waals surface area (Å²) in [5.41, 5.74) is 1.87. The fourth-order valence-electron chi connectivity index (χ4n) is 1.83. The monoisotopic (exact) mass is 224 g/mol. The zero-order valence-electron chi connectivity index (χ0n) is 9.17. The van der Waals surface area contributed by atoms with Gasteiger partial charge in [-0.2, -0.15) is 9.89 Å². The molecule has 0 amide bonds. The average molecular weight is 224 g/mol. The zero-order valence-corrected chi connectivity index (χ0v) is 9.17. The van der Waals surface area contributed by atoms with Gasteiger partial charge in [-0.25, -0.2) is 0 Å². The number of para-hydroxylation sites is 1. The summed E-state index contributed by atoms with van der Waals surface area (Å²) in [5, 5.41) is 8.52. The third-order valence-corrected chi connectivity index (χ3v) is 2.64. The van der Waals surface area contributed by atoms with E-state index in [1.165, 1.54) is 4.79 Å². The van der Waals surface area contributed by atoms with Crippen molar-refractivity contribution in [2.45, 2.75) is 0 Å². The van der Waals surface area contributed by atoms with Crippen molar-refractivity contribution >= 4 is 22.4 Å². The van der Waals surface area contributed by atoms with Crippen LogP contribution in [0.2, 0.25) is 0 Å². The van der Waals surface area contributed by atoms with E-state index in [0.717, 1.165) is 22.4 Å². The first-order chi connectivity index (χ1) is 8.34. The lowest BCUT2D eigenvalue weighted by molar-refractivity contribution is 0.855. The molecular formula is C13H12N4. The van der Waals surface area contributed by atoms with Crippen molar-refractivity contribution < 1.29 is 0 Å². The molecule has 84 valence electrons. The maximum Gasteiger partial charge on any atom is 0.159 e. The highest BCUT2D eigenvalue weighted by Crippen LogP contribution is 2.24. The number of hydrogen-bond donors (Lipinski definition) is 2. The van der Waals surface area contributed by atoms with Crippen molar-refractivity contribution in [3.63, 3.8) is 0 Å². The maximum atomic E-state index is 5.84. The van der Waals surface area contributed by atoms with E-state index >= 15 is 0 Å². The minimum absolute atomic E-state index is 0.798. The van der Waals surface area contributed by atoms with Gasteiger partial charge in [-0.15, -0.1) is 0 Å². The Balaban J connectivity index is 2.08. The molecule has 0 radical (unpaired) electrons. The molecule has 0 saturated heterocycles. The van der Waals surface area contributed by atoms with Crippen molar-refractivity contribution in [2.24, 2.45) is 0 Å². The number of fused-ring (bicyclic) bond motifs is 1. The van der Waals surface area contributed by atoms with Gasteiger partial charge in [0, 0.05) is 11.1 Å². The molecule has 3 rings (SSSR count). The van der Waals surface area contributed by atoms with Crippen LogP contribution in [0.5, 0.6) is 0 Å². The lowest BCUT2D eigenvalue weighted by Crippen LogP contribution is -2.12. The average Bonchev–Trinajstić information content (AvgIpc) is 2.68.